The molecule has 108 valence electrons. The summed E-state index contributed by atoms with van der Waals surface area (Å²) in [6.45, 7) is 9.23. The Kier molecular flexibility index (Phi) is 8.97. The van der Waals surface area contributed by atoms with Gasteiger partial charge in [-0.2, -0.15) is 0 Å². The first-order chi connectivity index (χ1) is 8.46. The van der Waals surface area contributed by atoms with Gasteiger partial charge in [0.1, 0.15) is 6.61 Å². The number of carbonyl (C=O) groups is 1. The summed E-state index contributed by atoms with van der Waals surface area (Å²) in [6.07, 6.45) is 0.935. The van der Waals surface area contributed by atoms with Gasteiger partial charge in [-0.25, -0.2) is 0 Å². The molecule has 0 saturated heterocycles. The Hall–Kier alpha value is -0.650. The molecule has 0 aromatic heterocycles. The van der Waals surface area contributed by atoms with Gasteiger partial charge in [-0.15, -0.1) is 0 Å². The van der Waals surface area contributed by atoms with E-state index in [0.717, 1.165) is 13.0 Å². The van der Waals surface area contributed by atoms with E-state index in [-0.39, 0.29) is 17.9 Å². The lowest BCUT2D eigenvalue weighted by molar-refractivity contribution is -0.138. The van der Waals surface area contributed by atoms with Crippen molar-refractivity contribution in [1.82, 2.24) is 4.90 Å². The standard InChI is InChI=1S/C13H28N2O3/c1-5-6-15(11-13(2,3)10-14)12(16)9-18-8-7-17-4/h5-11,14H2,1-4H3. The molecule has 0 rings (SSSR count). The Balaban J connectivity index is 4.18. The molecule has 0 bridgehead atoms. The van der Waals surface area contributed by atoms with Crippen LogP contribution in [-0.4, -0.2) is 57.4 Å². The average molecular weight is 260 g/mol. The van der Waals surface area contributed by atoms with E-state index >= 15 is 0 Å². The molecular weight excluding hydrogens is 232 g/mol. The second-order valence-corrected chi connectivity index (χ2v) is 5.23. The number of nitrogens with zero attached hydrogens (tertiary/aromatic N) is 1. The highest BCUT2D eigenvalue weighted by Crippen LogP contribution is 2.15. The predicted molar refractivity (Wildman–Crippen MR) is 72.4 cm³/mol. The molecule has 1 amide bonds. The van der Waals surface area contributed by atoms with Crippen LogP contribution in [-0.2, 0) is 14.3 Å². The Morgan fingerprint density at radius 3 is 2.50 bits per heavy atom. The van der Waals surface area contributed by atoms with Gasteiger partial charge >= 0.3 is 0 Å². The zero-order valence-electron chi connectivity index (χ0n) is 12.2. The lowest BCUT2D eigenvalue weighted by Gasteiger charge is -2.31. The summed E-state index contributed by atoms with van der Waals surface area (Å²) in [4.78, 5) is 13.8. The number of hydrogen-bond acceptors (Lipinski definition) is 4. The molecule has 0 aromatic carbocycles. The van der Waals surface area contributed by atoms with Crippen LogP contribution in [0.15, 0.2) is 0 Å². The summed E-state index contributed by atoms with van der Waals surface area (Å²) < 4.78 is 10.1. The topological polar surface area (TPSA) is 64.8 Å². The van der Waals surface area contributed by atoms with Gasteiger partial charge in [0.2, 0.25) is 5.91 Å². The fourth-order valence-electron chi connectivity index (χ4n) is 1.54. The van der Waals surface area contributed by atoms with Crippen LogP contribution in [0, 0.1) is 5.41 Å². The van der Waals surface area contributed by atoms with E-state index in [9.17, 15) is 4.79 Å². The van der Waals surface area contributed by atoms with Gasteiger partial charge in [0.05, 0.1) is 13.2 Å². The predicted octanol–water partition coefficient (Wildman–Crippen LogP) is 0.873. The van der Waals surface area contributed by atoms with E-state index in [1.165, 1.54) is 0 Å². The molecule has 0 saturated carbocycles. The first-order valence-corrected chi connectivity index (χ1v) is 6.51. The van der Waals surface area contributed by atoms with Crippen molar-refractivity contribution in [3.05, 3.63) is 0 Å². The second-order valence-electron chi connectivity index (χ2n) is 5.23. The van der Waals surface area contributed by atoms with Crippen molar-refractivity contribution < 1.29 is 14.3 Å². The number of nitrogens with two attached hydrogens (primary N) is 1. The molecule has 0 aliphatic rings. The SMILES string of the molecule is CCCN(CC(C)(C)CN)C(=O)COCCOC. The van der Waals surface area contributed by atoms with Crippen molar-refractivity contribution in [1.29, 1.82) is 0 Å². The molecule has 0 unspecified atom stereocenters. The molecule has 0 heterocycles. The van der Waals surface area contributed by atoms with E-state index < -0.39 is 0 Å². The van der Waals surface area contributed by atoms with Gasteiger partial charge < -0.3 is 20.1 Å². The quantitative estimate of drug-likeness (QED) is 0.592. The summed E-state index contributed by atoms with van der Waals surface area (Å²) in [6, 6.07) is 0. The zero-order valence-corrected chi connectivity index (χ0v) is 12.2. The maximum absolute atomic E-state index is 12.0. The van der Waals surface area contributed by atoms with Crippen LogP contribution in [0.4, 0.5) is 0 Å². The molecule has 2 N–H and O–H groups in total. The molecule has 0 spiro atoms. The van der Waals surface area contributed by atoms with Gasteiger partial charge in [0.15, 0.2) is 0 Å². The van der Waals surface area contributed by atoms with Gasteiger partial charge in [0.25, 0.3) is 0 Å². The molecule has 18 heavy (non-hydrogen) atoms. The van der Waals surface area contributed by atoms with Crippen LogP contribution in [0.1, 0.15) is 27.2 Å². The normalized spacial score (nSPS) is 11.6. The van der Waals surface area contributed by atoms with Crippen molar-refractivity contribution >= 4 is 5.91 Å². The number of hydrogen-bond donors (Lipinski definition) is 1. The fourth-order valence-corrected chi connectivity index (χ4v) is 1.54. The number of rotatable bonds is 10. The molecule has 0 aliphatic carbocycles. The van der Waals surface area contributed by atoms with E-state index in [1.54, 1.807) is 7.11 Å². The number of methoxy groups -OCH3 is 1. The third kappa shape index (κ3) is 7.63. The zero-order chi connectivity index (χ0) is 14.0. The summed E-state index contributed by atoms with van der Waals surface area (Å²) in [5, 5.41) is 0. The highest BCUT2D eigenvalue weighted by molar-refractivity contribution is 5.77. The van der Waals surface area contributed by atoms with Crippen LogP contribution >= 0.6 is 0 Å². The molecular formula is C13H28N2O3. The van der Waals surface area contributed by atoms with E-state index in [2.05, 4.69) is 20.8 Å². The van der Waals surface area contributed by atoms with Gasteiger partial charge in [0, 0.05) is 20.2 Å². The maximum atomic E-state index is 12.0. The first kappa shape index (κ1) is 17.4. The van der Waals surface area contributed by atoms with Gasteiger partial charge in [-0.1, -0.05) is 20.8 Å². The summed E-state index contributed by atoms with van der Waals surface area (Å²) >= 11 is 0. The van der Waals surface area contributed by atoms with Crippen molar-refractivity contribution in [2.24, 2.45) is 11.1 Å². The summed E-state index contributed by atoms with van der Waals surface area (Å²) in [5.41, 5.74) is 5.65. The molecule has 0 aromatic rings. The monoisotopic (exact) mass is 260 g/mol. The summed E-state index contributed by atoms with van der Waals surface area (Å²) in [5.74, 6) is 0.0227. The molecule has 5 heteroatoms. The minimum absolute atomic E-state index is 0.0227. The molecule has 0 fully saturated rings. The van der Waals surface area contributed by atoms with Crippen LogP contribution in [0.25, 0.3) is 0 Å². The highest BCUT2D eigenvalue weighted by Gasteiger charge is 2.23. The first-order valence-electron chi connectivity index (χ1n) is 6.51. The van der Waals surface area contributed by atoms with Gasteiger partial charge in [-0.3, -0.25) is 4.79 Å². The average Bonchev–Trinajstić information content (AvgIpc) is 2.33. The van der Waals surface area contributed by atoms with Gasteiger partial charge in [-0.05, 0) is 18.4 Å². The Bertz CT molecular complexity index is 232. The van der Waals surface area contributed by atoms with E-state index in [4.69, 9.17) is 15.2 Å². The third-order valence-corrected chi connectivity index (χ3v) is 2.68. The fraction of sp³-hybridized carbons (Fsp3) is 0.923. The minimum atomic E-state index is -0.0582. The van der Waals surface area contributed by atoms with Crippen LogP contribution in [0.3, 0.4) is 0 Å². The summed E-state index contributed by atoms with van der Waals surface area (Å²) in [7, 11) is 1.61. The molecule has 0 atom stereocenters. The van der Waals surface area contributed by atoms with E-state index in [1.807, 2.05) is 4.90 Å². The molecule has 0 radical (unpaired) electrons. The van der Waals surface area contributed by atoms with Crippen molar-refractivity contribution in [3.8, 4) is 0 Å². The second kappa shape index (κ2) is 9.30. The largest absolute Gasteiger partial charge is 0.382 e. The Labute approximate surface area is 111 Å². The third-order valence-electron chi connectivity index (χ3n) is 2.68. The molecule has 0 aliphatic heterocycles. The number of ether oxygens (including phenoxy) is 2. The lowest BCUT2D eigenvalue weighted by atomic mass is 9.93. The number of amides is 1. The maximum Gasteiger partial charge on any atom is 0.248 e. The van der Waals surface area contributed by atoms with Crippen LogP contribution in [0.5, 0.6) is 0 Å². The lowest BCUT2D eigenvalue weighted by Crippen LogP contribution is -2.43. The van der Waals surface area contributed by atoms with Crippen molar-refractivity contribution in [2.75, 3.05) is 46.6 Å². The molecule has 5 nitrogen and oxygen atoms in total. The Morgan fingerprint density at radius 1 is 1.33 bits per heavy atom. The smallest absolute Gasteiger partial charge is 0.248 e. The van der Waals surface area contributed by atoms with E-state index in [0.29, 0.717) is 26.3 Å². The van der Waals surface area contributed by atoms with Crippen molar-refractivity contribution in [3.63, 3.8) is 0 Å². The minimum Gasteiger partial charge on any atom is -0.382 e. The van der Waals surface area contributed by atoms with Crippen molar-refractivity contribution in [2.45, 2.75) is 27.2 Å². The number of carbonyl (C=O) groups excluding carboxylic acids is 1. The highest BCUT2D eigenvalue weighted by atomic mass is 16.5. The Morgan fingerprint density at radius 2 is 2.00 bits per heavy atom. The van der Waals surface area contributed by atoms with Crippen LogP contribution in [0.2, 0.25) is 0 Å². The van der Waals surface area contributed by atoms with Crippen LogP contribution < -0.4 is 5.73 Å².